The minimum absolute atomic E-state index is 0.180. The molecule has 4 N–H and O–H groups in total. The lowest BCUT2D eigenvalue weighted by Gasteiger charge is -2.10. The van der Waals surface area contributed by atoms with E-state index < -0.39 is 5.84 Å². The number of pyridine rings is 1. The third-order valence-electron chi connectivity index (χ3n) is 2.68. The quantitative estimate of drug-likeness (QED) is 0.439. The van der Waals surface area contributed by atoms with Gasteiger partial charge in [-0.05, 0) is 31.2 Å². The standard InChI is InChI=1S/C14H14N6O/c1-2-21-12-6-5-10(9-4-3-7-18-13(9)12)19-20-11(8-15)14(16)17/h3-7,19H,2H2,1H3,(H3,16,17)/b20-11+. The van der Waals surface area contributed by atoms with Crippen molar-refractivity contribution in [3.63, 3.8) is 0 Å². The van der Waals surface area contributed by atoms with Gasteiger partial charge in [-0.3, -0.25) is 15.8 Å². The van der Waals surface area contributed by atoms with Crippen LogP contribution in [0.25, 0.3) is 10.9 Å². The summed E-state index contributed by atoms with van der Waals surface area (Å²) in [6.45, 7) is 2.44. The number of anilines is 1. The van der Waals surface area contributed by atoms with Crippen LogP contribution in [0.3, 0.4) is 0 Å². The summed E-state index contributed by atoms with van der Waals surface area (Å²) in [7, 11) is 0. The Hall–Kier alpha value is -3.14. The zero-order valence-corrected chi connectivity index (χ0v) is 11.4. The van der Waals surface area contributed by atoms with Crippen molar-refractivity contribution in [2.24, 2.45) is 10.8 Å². The molecule has 0 amide bonds. The molecule has 2 rings (SSSR count). The number of nitrogens with zero attached hydrogens (tertiary/aromatic N) is 3. The van der Waals surface area contributed by atoms with Gasteiger partial charge in [-0.25, -0.2) is 0 Å². The number of benzene rings is 1. The van der Waals surface area contributed by atoms with Crippen LogP contribution in [0.2, 0.25) is 0 Å². The first-order chi connectivity index (χ1) is 10.2. The van der Waals surface area contributed by atoms with E-state index in [2.05, 4.69) is 15.5 Å². The Bertz CT molecular complexity index is 747. The molecule has 0 spiro atoms. The molecule has 0 fully saturated rings. The summed E-state index contributed by atoms with van der Waals surface area (Å²) in [5.41, 5.74) is 9.15. The predicted octanol–water partition coefficient (Wildman–Crippen LogP) is 1.86. The molecule has 0 aliphatic carbocycles. The summed E-state index contributed by atoms with van der Waals surface area (Å²) in [6, 6.07) is 8.95. The fraction of sp³-hybridized carbons (Fsp3) is 0.143. The number of nitrogens with one attached hydrogen (secondary N) is 2. The number of ether oxygens (including phenoxy) is 1. The highest BCUT2D eigenvalue weighted by atomic mass is 16.5. The minimum atomic E-state index is -0.390. The summed E-state index contributed by atoms with van der Waals surface area (Å²) in [6.07, 6.45) is 1.67. The Morgan fingerprint density at radius 2 is 2.33 bits per heavy atom. The third-order valence-corrected chi connectivity index (χ3v) is 2.68. The maximum Gasteiger partial charge on any atom is 0.201 e. The fourth-order valence-electron chi connectivity index (χ4n) is 1.78. The van der Waals surface area contributed by atoms with Gasteiger partial charge < -0.3 is 10.5 Å². The van der Waals surface area contributed by atoms with E-state index in [0.29, 0.717) is 23.6 Å². The number of amidine groups is 1. The van der Waals surface area contributed by atoms with Crippen molar-refractivity contribution in [2.75, 3.05) is 12.0 Å². The molecule has 21 heavy (non-hydrogen) atoms. The zero-order chi connectivity index (χ0) is 15.2. The Labute approximate surface area is 121 Å². The highest BCUT2D eigenvalue weighted by molar-refractivity contribution is 6.45. The van der Waals surface area contributed by atoms with Gasteiger partial charge in [0.05, 0.1) is 12.3 Å². The van der Waals surface area contributed by atoms with E-state index in [-0.39, 0.29) is 5.71 Å². The molecule has 0 unspecified atom stereocenters. The molecule has 0 aliphatic rings. The van der Waals surface area contributed by atoms with Crippen molar-refractivity contribution < 1.29 is 4.74 Å². The molecule has 1 heterocycles. The highest BCUT2D eigenvalue weighted by Gasteiger charge is 2.08. The summed E-state index contributed by atoms with van der Waals surface area (Å²) < 4.78 is 5.53. The first-order valence-corrected chi connectivity index (χ1v) is 6.26. The maximum absolute atomic E-state index is 8.83. The summed E-state index contributed by atoms with van der Waals surface area (Å²) >= 11 is 0. The van der Waals surface area contributed by atoms with Gasteiger partial charge in [0.2, 0.25) is 5.71 Å². The first kappa shape index (κ1) is 14.3. The van der Waals surface area contributed by atoms with Crippen LogP contribution in [0.1, 0.15) is 6.92 Å². The zero-order valence-electron chi connectivity index (χ0n) is 11.4. The smallest absolute Gasteiger partial charge is 0.201 e. The van der Waals surface area contributed by atoms with Crippen molar-refractivity contribution in [2.45, 2.75) is 6.92 Å². The van der Waals surface area contributed by atoms with Gasteiger partial charge in [-0.1, -0.05) is 0 Å². The number of hydrogen-bond donors (Lipinski definition) is 3. The molecule has 1 aromatic carbocycles. The van der Waals surface area contributed by atoms with E-state index in [1.807, 2.05) is 13.0 Å². The largest absolute Gasteiger partial charge is 0.492 e. The van der Waals surface area contributed by atoms with Crippen molar-refractivity contribution in [1.29, 1.82) is 10.7 Å². The maximum atomic E-state index is 8.83. The van der Waals surface area contributed by atoms with Gasteiger partial charge in [-0.2, -0.15) is 10.4 Å². The number of hydrogen-bond acceptors (Lipinski definition) is 6. The molecule has 0 radical (unpaired) electrons. The second-order valence-corrected chi connectivity index (χ2v) is 4.04. The molecule has 7 nitrogen and oxygen atoms in total. The van der Waals surface area contributed by atoms with Gasteiger partial charge >= 0.3 is 0 Å². The molecule has 2 aromatic rings. The number of hydrazone groups is 1. The van der Waals surface area contributed by atoms with Crippen LogP contribution in [0.4, 0.5) is 5.69 Å². The van der Waals surface area contributed by atoms with E-state index in [1.165, 1.54) is 0 Å². The Morgan fingerprint density at radius 3 is 3.00 bits per heavy atom. The first-order valence-electron chi connectivity index (χ1n) is 6.26. The molecule has 7 heteroatoms. The normalized spacial score (nSPS) is 11.0. The predicted molar refractivity (Wildman–Crippen MR) is 81.5 cm³/mol. The van der Waals surface area contributed by atoms with Crippen LogP contribution >= 0.6 is 0 Å². The average molecular weight is 282 g/mol. The number of fused-ring (bicyclic) bond motifs is 1. The number of nitrogens with two attached hydrogens (primary N) is 1. The van der Waals surface area contributed by atoms with Crippen LogP contribution in [0.15, 0.2) is 35.6 Å². The molecule has 0 atom stereocenters. The lowest BCUT2D eigenvalue weighted by Crippen LogP contribution is -2.21. The van der Waals surface area contributed by atoms with Crippen LogP contribution < -0.4 is 15.9 Å². The van der Waals surface area contributed by atoms with Crippen molar-refractivity contribution in [1.82, 2.24) is 4.98 Å². The van der Waals surface area contributed by atoms with Gasteiger partial charge in [0.1, 0.15) is 17.3 Å². The van der Waals surface area contributed by atoms with E-state index in [4.69, 9.17) is 21.1 Å². The van der Waals surface area contributed by atoms with Gasteiger partial charge in [0.15, 0.2) is 5.84 Å². The molecular weight excluding hydrogens is 268 g/mol. The lowest BCUT2D eigenvalue weighted by molar-refractivity contribution is 0.343. The topological polar surface area (TPSA) is 120 Å². The molecule has 0 aliphatic heterocycles. The average Bonchev–Trinajstić information content (AvgIpc) is 2.49. The Balaban J connectivity index is 2.45. The highest BCUT2D eigenvalue weighted by Crippen LogP contribution is 2.29. The summed E-state index contributed by atoms with van der Waals surface area (Å²) in [5, 5.41) is 20.7. The van der Waals surface area contributed by atoms with E-state index in [0.717, 1.165) is 5.39 Å². The van der Waals surface area contributed by atoms with Crippen molar-refractivity contribution in [3.05, 3.63) is 30.5 Å². The molecule has 106 valence electrons. The van der Waals surface area contributed by atoms with Gasteiger partial charge in [-0.15, -0.1) is 0 Å². The van der Waals surface area contributed by atoms with Crippen LogP contribution in [-0.4, -0.2) is 23.1 Å². The second-order valence-electron chi connectivity index (χ2n) is 4.04. The van der Waals surface area contributed by atoms with Crippen molar-refractivity contribution >= 4 is 28.1 Å². The fourth-order valence-corrected chi connectivity index (χ4v) is 1.78. The van der Waals surface area contributed by atoms with E-state index in [1.54, 1.807) is 30.5 Å². The van der Waals surface area contributed by atoms with E-state index in [9.17, 15) is 0 Å². The number of aromatic nitrogens is 1. The van der Waals surface area contributed by atoms with Crippen molar-refractivity contribution in [3.8, 4) is 11.8 Å². The molecule has 1 aromatic heterocycles. The minimum Gasteiger partial charge on any atom is -0.492 e. The second kappa shape index (κ2) is 6.34. The van der Waals surface area contributed by atoms with E-state index >= 15 is 0 Å². The number of nitriles is 1. The molecule has 0 bridgehead atoms. The SMILES string of the molecule is CCOc1ccc(N/N=C(\C#N)C(=N)N)c2cccnc12. The Morgan fingerprint density at radius 1 is 1.52 bits per heavy atom. The summed E-state index contributed by atoms with van der Waals surface area (Å²) in [4.78, 5) is 4.30. The van der Waals surface area contributed by atoms with Crippen LogP contribution in [0, 0.1) is 16.7 Å². The Kier molecular flexibility index (Phi) is 4.31. The summed E-state index contributed by atoms with van der Waals surface area (Å²) in [5.74, 6) is 0.285. The lowest BCUT2D eigenvalue weighted by atomic mass is 10.1. The number of rotatable bonds is 5. The van der Waals surface area contributed by atoms with Crippen LogP contribution in [0.5, 0.6) is 5.75 Å². The molecular formula is C14H14N6O. The van der Waals surface area contributed by atoms with Crippen LogP contribution in [-0.2, 0) is 0 Å². The monoisotopic (exact) mass is 282 g/mol. The molecule has 0 saturated heterocycles. The molecule has 0 saturated carbocycles. The third kappa shape index (κ3) is 3.06. The van der Waals surface area contributed by atoms with Gasteiger partial charge in [0.25, 0.3) is 0 Å². The van der Waals surface area contributed by atoms with Gasteiger partial charge in [0, 0.05) is 11.6 Å².